The summed E-state index contributed by atoms with van der Waals surface area (Å²) in [7, 11) is 3.14. The number of carbonyl (C=O) groups is 1. The highest BCUT2D eigenvalue weighted by Crippen LogP contribution is 2.41. The number of rotatable bonds is 6. The van der Waals surface area contributed by atoms with Crippen LogP contribution in [0.15, 0.2) is 29.4 Å². The van der Waals surface area contributed by atoms with Crippen LogP contribution in [0.1, 0.15) is 59.8 Å². The van der Waals surface area contributed by atoms with E-state index < -0.39 is 6.43 Å². The summed E-state index contributed by atoms with van der Waals surface area (Å²) in [4.78, 5) is 26.5. The number of benzene rings is 1. The third-order valence-electron chi connectivity index (χ3n) is 6.24. The van der Waals surface area contributed by atoms with Gasteiger partial charge in [0.2, 0.25) is 6.34 Å². The van der Waals surface area contributed by atoms with E-state index in [1.807, 2.05) is 24.8 Å². The second-order valence-electron chi connectivity index (χ2n) is 8.75. The number of amides is 1. The predicted molar refractivity (Wildman–Crippen MR) is 135 cm³/mol. The molecule has 0 bridgehead atoms. The Bertz CT molecular complexity index is 1330. The molecular formula is C25H30F2N7O+. The maximum atomic E-state index is 14.2. The number of hydrogen-bond acceptors (Lipinski definition) is 4. The first-order chi connectivity index (χ1) is 16.8. The van der Waals surface area contributed by atoms with Crippen LogP contribution in [0.2, 0.25) is 0 Å². The van der Waals surface area contributed by atoms with Crippen LogP contribution in [-0.4, -0.2) is 53.8 Å². The minimum Gasteiger partial charge on any atom is -0.359 e. The number of halogens is 2. The highest BCUT2D eigenvalue weighted by atomic mass is 19.3. The number of nitrogens with one attached hydrogen (secondary N) is 2. The zero-order valence-electron chi connectivity index (χ0n) is 20.3. The molecule has 3 aromatic rings. The van der Waals surface area contributed by atoms with Crippen molar-refractivity contribution in [3.8, 4) is 0 Å². The Balaban J connectivity index is 1.93. The lowest BCUT2D eigenvalue weighted by molar-refractivity contribution is -0.292. The van der Waals surface area contributed by atoms with Crippen LogP contribution in [0.5, 0.6) is 0 Å². The molecule has 0 saturated heterocycles. The van der Waals surface area contributed by atoms with Crippen molar-refractivity contribution in [2.75, 3.05) is 25.5 Å². The molecule has 184 valence electrons. The molecule has 0 saturated carbocycles. The van der Waals surface area contributed by atoms with Crippen molar-refractivity contribution in [1.29, 1.82) is 0 Å². The van der Waals surface area contributed by atoms with E-state index in [1.165, 1.54) is 23.3 Å². The van der Waals surface area contributed by atoms with Gasteiger partial charge in [-0.15, -0.1) is 0 Å². The van der Waals surface area contributed by atoms with Crippen LogP contribution in [0.4, 0.5) is 26.0 Å². The standard InChI is InChI=1S/C25H29F2N7O/c1-14(2)22-23-16(18(11-31-23)25(35)30-4)10-21(32-22)34-7-5-6-15-8-20(33(12-28)13-29-3)17(24(26)27)9-19(15)34/h8-14,24,28H,5-7H2,1-4H3,(H2,30,31,32,35)/p+1. The lowest BCUT2D eigenvalue weighted by atomic mass is 9.97. The second-order valence-corrected chi connectivity index (χ2v) is 8.75. The Labute approximate surface area is 202 Å². The van der Waals surface area contributed by atoms with Crippen LogP contribution >= 0.6 is 0 Å². The molecule has 1 aliphatic heterocycles. The fraction of sp³-hybridized carbons (Fsp3) is 0.360. The predicted octanol–water partition coefficient (Wildman–Crippen LogP) is 4.36. The summed E-state index contributed by atoms with van der Waals surface area (Å²) < 4.78 is 29.7. The van der Waals surface area contributed by atoms with Gasteiger partial charge in [0, 0.05) is 30.9 Å². The number of aromatic nitrogens is 2. The first-order valence-corrected chi connectivity index (χ1v) is 11.5. The van der Waals surface area contributed by atoms with E-state index in [-0.39, 0.29) is 17.4 Å². The van der Waals surface area contributed by atoms with E-state index >= 15 is 0 Å². The summed E-state index contributed by atoms with van der Waals surface area (Å²) in [5, 5.41) is 3.42. The average Bonchev–Trinajstić information content (AvgIpc) is 3.28. The molecule has 0 aliphatic carbocycles. The van der Waals surface area contributed by atoms with Crippen molar-refractivity contribution in [3.63, 3.8) is 0 Å². The van der Waals surface area contributed by atoms with Gasteiger partial charge in [-0.2, -0.15) is 4.99 Å². The third kappa shape index (κ3) is 4.36. The van der Waals surface area contributed by atoms with Gasteiger partial charge in [0.15, 0.2) is 6.34 Å². The van der Waals surface area contributed by atoms with E-state index in [9.17, 15) is 13.6 Å². The Kier molecular flexibility index (Phi) is 6.81. The van der Waals surface area contributed by atoms with Crippen molar-refractivity contribution >= 4 is 46.7 Å². The molecule has 4 rings (SSSR count). The van der Waals surface area contributed by atoms with Crippen LogP contribution in [-0.2, 0) is 6.42 Å². The van der Waals surface area contributed by atoms with Crippen molar-refractivity contribution in [2.24, 2.45) is 10.7 Å². The van der Waals surface area contributed by atoms with Gasteiger partial charge in [0.1, 0.15) is 11.5 Å². The van der Waals surface area contributed by atoms with E-state index in [0.717, 1.165) is 35.0 Å². The molecule has 1 aliphatic rings. The zero-order chi connectivity index (χ0) is 25.3. The van der Waals surface area contributed by atoms with Crippen molar-refractivity contribution < 1.29 is 18.2 Å². The lowest BCUT2D eigenvalue weighted by Gasteiger charge is -2.32. The molecule has 4 N–H and O–H groups in total. The van der Waals surface area contributed by atoms with Gasteiger partial charge in [-0.1, -0.05) is 13.8 Å². The van der Waals surface area contributed by atoms with Crippen LogP contribution in [0.3, 0.4) is 0 Å². The number of nitrogens with zero attached hydrogens (tertiary/aromatic N) is 4. The molecule has 0 atom stereocenters. The largest absolute Gasteiger partial charge is 0.359 e. The van der Waals surface area contributed by atoms with E-state index in [1.54, 1.807) is 26.4 Å². The highest BCUT2D eigenvalue weighted by Gasteiger charge is 2.27. The molecule has 8 nitrogen and oxygen atoms in total. The molecule has 10 heteroatoms. The zero-order valence-corrected chi connectivity index (χ0v) is 20.3. The van der Waals surface area contributed by atoms with Gasteiger partial charge in [-0.3, -0.25) is 4.79 Å². The minimum atomic E-state index is -2.71. The van der Waals surface area contributed by atoms with Gasteiger partial charge >= 0.3 is 0 Å². The number of alkyl halides is 2. The smallest absolute Gasteiger partial charge is 0.267 e. The number of anilines is 2. The molecule has 0 spiro atoms. The molecule has 35 heavy (non-hydrogen) atoms. The van der Waals surface area contributed by atoms with Crippen LogP contribution in [0, 0.1) is 0 Å². The summed E-state index contributed by atoms with van der Waals surface area (Å²) in [6, 6.07) is 5.13. The summed E-state index contributed by atoms with van der Waals surface area (Å²) in [5.74, 6) is 0.499. The highest BCUT2D eigenvalue weighted by molar-refractivity contribution is 6.07. The number of fused-ring (bicyclic) bond motifs is 2. The second kappa shape index (κ2) is 9.81. The van der Waals surface area contributed by atoms with E-state index in [4.69, 9.17) is 10.7 Å². The molecule has 1 aromatic carbocycles. The summed E-state index contributed by atoms with van der Waals surface area (Å²) in [6.07, 6.45) is 3.15. The molecule has 0 unspecified atom stereocenters. The first kappa shape index (κ1) is 24.3. The monoisotopic (exact) mass is 482 g/mol. The maximum absolute atomic E-state index is 14.2. The van der Waals surface area contributed by atoms with Gasteiger partial charge in [0.05, 0.1) is 29.4 Å². The quantitative estimate of drug-likeness (QED) is 0.276. The summed E-state index contributed by atoms with van der Waals surface area (Å²) >= 11 is 0. The van der Waals surface area contributed by atoms with Crippen molar-refractivity contribution in [2.45, 2.75) is 39.0 Å². The number of aromatic amines is 1. The van der Waals surface area contributed by atoms with Crippen LogP contribution < -0.4 is 16.0 Å². The Morgan fingerprint density at radius 3 is 2.74 bits per heavy atom. The fourth-order valence-electron chi connectivity index (χ4n) is 4.59. The van der Waals surface area contributed by atoms with Crippen molar-refractivity contribution in [1.82, 2.24) is 15.3 Å². The van der Waals surface area contributed by atoms with Crippen molar-refractivity contribution in [3.05, 3.63) is 46.8 Å². The first-order valence-electron chi connectivity index (χ1n) is 11.5. The van der Waals surface area contributed by atoms with Crippen LogP contribution in [0.25, 0.3) is 10.9 Å². The number of nitrogens with two attached hydrogens (primary N) is 1. The van der Waals surface area contributed by atoms with Gasteiger partial charge in [-0.25, -0.2) is 18.3 Å². The molecule has 1 amide bonds. The summed E-state index contributed by atoms with van der Waals surface area (Å²) in [6.45, 7) is 4.68. The van der Waals surface area contributed by atoms with E-state index in [0.29, 0.717) is 29.3 Å². The fourth-order valence-corrected chi connectivity index (χ4v) is 4.59. The molecule has 0 radical (unpaired) electrons. The SMILES string of the molecule is CN=C[N+](=CN)c1cc2c(cc1C(F)F)N(c1cc3c(C(=O)NC)c[nH]c3c(C(C)C)n1)CCC2. The normalized spacial score (nSPS) is 14.4. The number of pyridine rings is 1. The summed E-state index contributed by atoms with van der Waals surface area (Å²) in [5.41, 5.74) is 9.58. The molecule has 2 aromatic heterocycles. The Morgan fingerprint density at radius 2 is 2.11 bits per heavy atom. The Morgan fingerprint density at radius 1 is 1.34 bits per heavy atom. The molecule has 3 heterocycles. The number of carbonyl (C=O) groups excluding carboxylic acids is 1. The maximum Gasteiger partial charge on any atom is 0.267 e. The Hall–Kier alpha value is -3.82. The molecular weight excluding hydrogens is 452 g/mol. The average molecular weight is 483 g/mol. The van der Waals surface area contributed by atoms with Gasteiger partial charge in [-0.05, 0) is 42.5 Å². The number of H-pyrrole nitrogens is 1. The number of aryl methyl sites for hydroxylation is 1. The van der Waals surface area contributed by atoms with Gasteiger partial charge < -0.3 is 20.9 Å². The lowest BCUT2D eigenvalue weighted by Crippen LogP contribution is -2.26. The number of aliphatic imine (C=N–C) groups is 1. The molecule has 0 fully saturated rings. The van der Waals surface area contributed by atoms with E-state index in [2.05, 4.69) is 15.3 Å². The minimum absolute atomic E-state index is 0.0823. The number of hydrogen-bond donors (Lipinski definition) is 3. The topological polar surface area (TPSA) is 102 Å². The third-order valence-corrected chi connectivity index (χ3v) is 6.24. The van der Waals surface area contributed by atoms with Gasteiger partial charge in [0.25, 0.3) is 12.3 Å².